The molecule has 0 fully saturated rings. The monoisotopic (exact) mass is 342 g/mol. The van der Waals surface area contributed by atoms with E-state index >= 15 is 0 Å². The third kappa shape index (κ3) is 5.61. The molecule has 2 rings (SSSR count). The van der Waals surface area contributed by atoms with Crippen molar-refractivity contribution in [2.24, 2.45) is 0 Å². The summed E-state index contributed by atoms with van der Waals surface area (Å²) in [6, 6.07) is 10.1. The Morgan fingerprint density at radius 1 is 1.28 bits per heavy atom. The predicted molar refractivity (Wildman–Crippen MR) is 93.7 cm³/mol. The maximum absolute atomic E-state index is 12.2. The number of hydrogen-bond donors (Lipinski definition) is 3. The summed E-state index contributed by atoms with van der Waals surface area (Å²) in [7, 11) is 0. The van der Waals surface area contributed by atoms with Crippen LogP contribution in [-0.2, 0) is 11.3 Å². The summed E-state index contributed by atoms with van der Waals surface area (Å²) in [5.41, 5.74) is 1.39. The minimum atomic E-state index is -0.763. The first-order chi connectivity index (χ1) is 12.0. The predicted octanol–water partition coefficient (Wildman–Crippen LogP) is 2.32. The SMILES string of the molecule is C=CC(=O)NCc1ccc(C(=O)NC(C)CC(O)c2ccco2)cc1. The number of benzene rings is 1. The third-order valence-corrected chi connectivity index (χ3v) is 3.69. The standard InChI is InChI=1S/C19H22N2O4/c1-3-18(23)20-12-14-6-8-15(9-7-14)19(24)21-13(2)11-16(22)17-5-4-10-25-17/h3-10,13,16,22H,1,11-12H2,2H3,(H,20,23)(H,21,24). The zero-order chi connectivity index (χ0) is 18.2. The van der Waals surface area contributed by atoms with Crippen LogP contribution >= 0.6 is 0 Å². The Morgan fingerprint density at radius 2 is 2.00 bits per heavy atom. The van der Waals surface area contributed by atoms with Crippen LogP contribution in [0.25, 0.3) is 0 Å². The first-order valence-corrected chi connectivity index (χ1v) is 8.01. The molecule has 0 aliphatic rings. The lowest BCUT2D eigenvalue weighted by molar-refractivity contribution is -0.116. The number of aliphatic hydroxyl groups is 1. The van der Waals surface area contributed by atoms with Gasteiger partial charge in [0.25, 0.3) is 5.91 Å². The van der Waals surface area contributed by atoms with Gasteiger partial charge in [0.1, 0.15) is 11.9 Å². The molecular formula is C19H22N2O4. The number of furan rings is 1. The van der Waals surface area contributed by atoms with E-state index in [1.165, 1.54) is 12.3 Å². The van der Waals surface area contributed by atoms with E-state index in [2.05, 4.69) is 17.2 Å². The van der Waals surface area contributed by atoms with Crippen LogP contribution in [0.2, 0.25) is 0 Å². The first-order valence-electron chi connectivity index (χ1n) is 8.01. The molecule has 1 heterocycles. The normalized spacial score (nSPS) is 12.9. The van der Waals surface area contributed by atoms with Gasteiger partial charge in [0.15, 0.2) is 0 Å². The van der Waals surface area contributed by atoms with E-state index in [9.17, 15) is 14.7 Å². The molecule has 25 heavy (non-hydrogen) atoms. The van der Waals surface area contributed by atoms with Crippen LogP contribution in [-0.4, -0.2) is 23.0 Å². The van der Waals surface area contributed by atoms with Gasteiger partial charge in [-0.3, -0.25) is 9.59 Å². The molecule has 1 aromatic heterocycles. The summed E-state index contributed by atoms with van der Waals surface area (Å²) in [6.07, 6.45) is 2.30. The number of nitrogens with one attached hydrogen (secondary N) is 2. The molecular weight excluding hydrogens is 320 g/mol. The van der Waals surface area contributed by atoms with Crippen LogP contribution < -0.4 is 10.6 Å². The van der Waals surface area contributed by atoms with Crippen LogP contribution in [0.1, 0.15) is 41.1 Å². The highest BCUT2D eigenvalue weighted by molar-refractivity contribution is 5.94. The fourth-order valence-corrected chi connectivity index (χ4v) is 2.33. The van der Waals surface area contributed by atoms with Crippen molar-refractivity contribution in [3.8, 4) is 0 Å². The van der Waals surface area contributed by atoms with E-state index in [0.717, 1.165) is 5.56 Å². The molecule has 0 saturated heterocycles. The van der Waals surface area contributed by atoms with Crippen molar-refractivity contribution in [1.29, 1.82) is 0 Å². The van der Waals surface area contributed by atoms with Crippen molar-refractivity contribution in [3.05, 3.63) is 72.2 Å². The lowest BCUT2D eigenvalue weighted by atomic mass is 10.1. The highest BCUT2D eigenvalue weighted by Gasteiger charge is 2.17. The Kier molecular flexibility index (Phi) is 6.54. The average molecular weight is 342 g/mol. The number of amides is 2. The number of carbonyl (C=O) groups excluding carboxylic acids is 2. The van der Waals surface area contributed by atoms with E-state index in [1.54, 1.807) is 36.4 Å². The molecule has 6 nitrogen and oxygen atoms in total. The summed E-state index contributed by atoms with van der Waals surface area (Å²) in [6.45, 7) is 5.58. The van der Waals surface area contributed by atoms with E-state index < -0.39 is 6.10 Å². The average Bonchev–Trinajstić information content (AvgIpc) is 3.14. The Bertz CT molecular complexity index is 708. The van der Waals surface area contributed by atoms with Gasteiger partial charge < -0.3 is 20.2 Å². The van der Waals surface area contributed by atoms with Crippen molar-refractivity contribution in [3.63, 3.8) is 0 Å². The van der Waals surface area contributed by atoms with Crippen molar-refractivity contribution in [1.82, 2.24) is 10.6 Å². The minimum absolute atomic E-state index is 0.221. The van der Waals surface area contributed by atoms with Gasteiger partial charge in [-0.25, -0.2) is 0 Å². The smallest absolute Gasteiger partial charge is 0.251 e. The van der Waals surface area contributed by atoms with Crippen LogP contribution in [0.4, 0.5) is 0 Å². The van der Waals surface area contributed by atoms with Crippen LogP contribution in [0.15, 0.2) is 59.7 Å². The zero-order valence-electron chi connectivity index (χ0n) is 14.1. The summed E-state index contributed by atoms with van der Waals surface area (Å²) in [5.74, 6) is 0.0126. The number of hydrogen-bond acceptors (Lipinski definition) is 4. The van der Waals surface area contributed by atoms with Crippen molar-refractivity contribution in [2.75, 3.05) is 0 Å². The van der Waals surface area contributed by atoms with Gasteiger partial charge in [-0.2, -0.15) is 0 Å². The molecule has 3 N–H and O–H groups in total. The van der Waals surface area contributed by atoms with Crippen molar-refractivity contribution in [2.45, 2.75) is 32.0 Å². The van der Waals surface area contributed by atoms with Crippen molar-refractivity contribution < 1.29 is 19.1 Å². The summed E-state index contributed by atoms with van der Waals surface area (Å²) < 4.78 is 5.15. The zero-order valence-corrected chi connectivity index (χ0v) is 14.1. The Balaban J connectivity index is 1.85. The molecule has 6 heteroatoms. The molecule has 2 amide bonds. The minimum Gasteiger partial charge on any atom is -0.467 e. The fraction of sp³-hybridized carbons (Fsp3) is 0.263. The molecule has 2 unspecified atom stereocenters. The number of carbonyl (C=O) groups is 2. The maximum Gasteiger partial charge on any atom is 0.251 e. The fourth-order valence-electron chi connectivity index (χ4n) is 2.33. The van der Waals surface area contributed by atoms with Gasteiger partial charge in [-0.15, -0.1) is 0 Å². The largest absolute Gasteiger partial charge is 0.467 e. The topological polar surface area (TPSA) is 91.6 Å². The highest BCUT2D eigenvalue weighted by Crippen LogP contribution is 2.18. The van der Waals surface area contributed by atoms with Crippen LogP contribution in [0.3, 0.4) is 0 Å². The Labute approximate surface area is 146 Å². The summed E-state index contributed by atoms with van der Waals surface area (Å²) >= 11 is 0. The second kappa shape index (κ2) is 8.84. The highest BCUT2D eigenvalue weighted by atomic mass is 16.4. The molecule has 0 spiro atoms. The molecule has 2 atom stereocenters. The van der Waals surface area contributed by atoms with Crippen LogP contribution in [0, 0.1) is 0 Å². The number of aliphatic hydroxyl groups excluding tert-OH is 1. The van der Waals surface area contributed by atoms with E-state index in [-0.39, 0.29) is 17.9 Å². The molecule has 0 radical (unpaired) electrons. The quantitative estimate of drug-likeness (QED) is 0.642. The molecule has 0 aliphatic heterocycles. The Morgan fingerprint density at radius 3 is 2.60 bits per heavy atom. The second-order valence-electron chi connectivity index (χ2n) is 5.76. The first kappa shape index (κ1) is 18.5. The maximum atomic E-state index is 12.2. The molecule has 132 valence electrons. The third-order valence-electron chi connectivity index (χ3n) is 3.69. The van der Waals surface area contributed by atoms with Gasteiger partial charge in [-0.05, 0) is 42.8 Å². The summed E-state index contributed by atoms with van der Waals surface area (Å²) in [4.78, 5) is 23.4. The molecule has 0 bridgehead atoms. The van der Waals surface area contributed by atoms with Gasteiger partial charge in [0.05, 0.1) is 6.26 Å². The second-order valence-corrected chi connectivity index (χ2v) is 5.76. The van der Waals surface area contributed by atoms with Crippen LogP contribution in [0.5, 0.6) is 0 Å². The van der Waals surface area contributed by atoms with Gasteiger partial charge in [0, 0.05) is 24.6 Å². The van der Waals surface area contributed by atoms with Crippen molar-refractivity contribution >= 4 is 11.8 Å². The van der Waals surface area contributed by atoms with E-state index in [1.807, 2.05) is 6.92 Å². The van der Waals surface area contributed by atoms with E-state index in [0.29, 0.717) is 24.3 Å². The van der Waals surface area contributed by atoms with Gasteiger partial charge in [-0.1, -0.05) is 18.7 Å². The number of rotatable bonds is 8. The molecule has 0 saturated carbocycles. The molecule has 2 aromatic rings. The molecule has 1 aromatic carbocycles. The van der Waals surface area contributed by atoms with Gasteiger partial charge >= 0.3 is 0 Å². The lowest BCUT2D eigenvalue weighted by Crippen LogP contribution is -2.33. The van der Waals surface area contributed by atoms with Gasteiger partial charge in [0.2, 0.25) is 5.91 Å². The molecule has 0 aliphatic carbocycles. The Hall–Kier alpha value is -2.86. The lowest BCUT2D eigenvalue weighted by Gasteiger charge is -2.17. The summed E-state index contributed by atoms with van der Waals surface area (Å²) in [5, 5.41) is 15.6. The van der Waals surface area contributed by atoms with E-state index in [4.69, 9.17) is 4.42 Å².